The van der Waals surface area contributed by atoms with Crippen LogP contribution in [0.3, 0.4) is 0 Å². The second-order valence-electron chi connectivity index (χ2n) is 7.77. The van der Waals surface area contributed by atoms with Gasteiger partial charge in [0.1, 0.15) is 18.0 Å². The number of esters is 1. The summed E-state index contributed by atoms with van der Waals surface area (Å²) in [4.78, 5) is 39.1. The second kappa shape index (κ2) is 8.49. The average molecular weight is 434 g/mol. The van der Waals surface area contributed by atoms with Gasteiger partial charge in [0.25, 0.3) is 0 Å². The fourth-order valence-electron chi connectivity index (χ4n) is 2.89. The number of halogens is 4. The molecule has 7 nitrogen and oxygen atoms in total. The molecule has 1 aromatic carbocycles. The molecule has 2 rings (SSSR count). The maximum atomic E-state index is 13.6. The molecule has 2 amide bonds. The van der Waals surface area contributed by atoms with E-state index in [4.69, 9.17) is 4.74 Å². The zero-order valence-corrected chi connectivity index (χ0v) is 16.9. The Hall–Kier alpha value is -2.85. The van der Waals surface area contributed by atoms with Crippen molar-refractivity contribution in [3.63, 3.8) is 0 Å². The zero-order chi connectivity index (χ0) is 22.9. The summed E-state index contributed by atoms with van der Waals surface area (Å²) >= 11 is 0. The average Bonchev–Trinajstić information content (AvgIpc) is 2.59. The highest BCUT2D eigenvalue weighted by Crippen LogP contribution is 2.31. The van der Waals surface area contributed by atoms with Crippen LogP contribution in [0, 0.1) is 5.82 Å². The molecule has 0 radical (unpaired) electrons. The lowest BCUT2D eigenvalue weighted by molar-refractivity contribution is -0.154. The number of carbonyl (C=O) groups is 3. The smallest absolute Gasteiger partial charge is 0.416 e. The first-order valence-electron chi connectivity index (χ1n) is 8.93. The number of benzene rings is 1. The topological polar surface area (TPSA) is 76.2 Å². The van der Waals surface area contributed by atoms with Crippen LogP contribution in [0.2, 0.25) is 0 Å². The molecule has 1 fully saturated rings. The molecule has 0 bridgehead atoms. The largest absolute Gasteiger partial charge is 0.467 e. The number of hydrogen-bond acceptors (Lipinski definition) is 5. The molecule has 0 aliphatic carbocycles. The molecule has 1 atom stereocenters. The Morgan fingerprint density at radius 3 is 2.33 bits per heavy atom. The first-order chi connectivity index (χ1) is 13.7. The summed E-state index contributed by atoms with van der Waals surface area (Å²) in [6.45, 7) is 3.56. The fraction of sp³-hybridized carbons (Fsp3) is 0.526. The van der Waals surface area contributed by atoms with E-state index in [0.717, 1.165) is 29.0 Å². The van der Waals surface area contributed by atoms with Gasteiger partial charge in [0.15, 0.2) is 6.04 Å². The molecule has 1 saturated heterocycles. The van der Waals surface area contributed by atoms with Gasteiger partial charge in [0, 0.05) is 6.54 Å². The summed E-state index contributed by atoms with van der Waals surface area (Å²) in [7, 11) is 1.10. The molecule has 1 heterocycles. The third-order valence-electron chi connectivity index (χ3n) is 4.19. The van der Waals surface area contributed by atoms with E-state index in [0.29, 0.717) is 6.07 Å². The molecule has 30 heavy (non-hydrogen) atoms. The molecule has 0 saturated carbocycles. The zero-order valence-electron chi connectivity index (χ0n) is 16.9. The molecule has 1 aliphatic rings. The van der Waals surface area contributed by atoms with Gasteiger partial charge in [0.05, 0.1) is 19.2 Å². The van der Waals surface area contributed by atoms with Crippen molar-refractivity contribution in [1.82, 2.24) is 9.80 Å². The van der Waals surface area contributed by atoms with Crippen molar-refractivity contribution in [2.75, 3.05) is 20.2 Å². The first kappa shape index (κ1) is 23.4. The second-order valence-corrected chi connectivity index (χ2v) is 7.77. The predicted octanol–water partition coefficient (Wildman–Crippen LogP) is 2.97. The van der Waals surface area contributed by atoms with Crippen LogP contribution in [0.5, 0.6) is 0 Å². The van der Waals surface area contributed by atoms with Crippen molar-refractivity contribution < 1.29 is 41.4 Å². The minimum atomic E-state index is -4.76. The van der Waals surface area contributed by atoms with Gasteiger partial charge < -0.3 is 14.4 Å². The van der Waals surface area contributed by atoms with E-state index in [9.17, 15) is 31.9 Å². The van der Waals surface area contributed by atoms with Crippen molar-refractivity contribution >= 4 is 18.0 Å². The Labute approximate surface area is 170 Å². The molecule has 1 unspecified atom stereocenters. The van der Waals surface area contributed by atoms with E-state index in [1.165, 1.54) is 0 Å². The highest BCUT2D eigenvalue weighted by molar-refractivity contribution is 5.89. The fourth-order valence-corrected chi connectivity index (χ4v) is 2.89. The molecule has 1 aromatic rings. The third-order valence-corrected chi connectivity index (χ3v) is 4.19. The van der Waals surface area contributed by atoms with E-state index >= 15 is 0 Å². The Bertz CT molecular complexity index is 835. The number of methoxy groups -OCH3 is 1. The number of alkyl halides is 3. The molecule has 166 valence electrons. The van der Waals surface area contributed by atoms with E-state index in [1.807, 2.05) is 0 Å². The predicted molar refractivity (Wildman–Crippen MR) is 95.6 cm³/mol. The SMILES string of the molecule is COC(=O)C1CN(Cc2cc(F)cc(C(F)(F)F)c2)C(=O)CN1C(=O)OC(C)(C)C. The van der Waals surface area contributed by atoms with E-state index < -0.39 is 53.7 Å². The van der Waals surface area contributed by atoms with Crippen molar-refractivity contribution in [1.29, 1.82) is 0 Å². The summed E-state index contributed by atoms with van der Waals surface area (Å²) in [5.74, 6) is -2.57. The lowest BCUT2D eigenvalue weighted by Gasteiger charge is -2.39. The van der Waals surface area contributed by atoms with Gasteiger partial charge in [-0.05, 0) is 44.5 Å². The van der Waals surface area contributed by atoms with Gasteiger partial charge >= 0.3 is 18.2 Å². The lowest BCUT2D eigenvalue weighted by atomic mass is 10.1. The molecule has 11 heteroatoms. The summed E-state index contributed by atoms with van der Waals surface area (Å²) in [5, 5.41) is 0. The Morgan fingerprint density at radius 1 is 1.17 bits per heavy atom. The molecule has 0 spiro atoms. The summed E-state index contributed by atoms with van der Waals surface area (Å²) in [6.07, 6.45) is -5.67. The van der Waals surface area contributed by atoms with Crippen molar-refractivity contribution in [2.24, 2.45) is 0 Å². The van der Waals surface area contributed by atoms with E-state index in [-0.39, 0.29) is 18.7 Å². The number of rotatable bonds is 3. The Balaban J connectivity index is 2.26. The minimum absolute atomic E-state index is 0.106. The van der Waals surface area contributed by atoms with Crippen molar-refractivity contribution in [3.8, 4) is 0 Å². The van der Waals surface area contributed by atoms with Crippen LogP contribution < -0.4 is 0 Å². The molecule has 0 aromatic heterocycles. The van der Waals surface area contributed by atoms with E-state index in [1.54, 1.807) is 20.8 Å². The molecular weight excluding hydrogens is 412 g/mol. The standard InChI is InChI=1S/C19H22F4N2O5/c1-18(2,3)30-17(28)25-10-15(26)24(9-14(25)16(27)29-4)8-11-5-12(19(21,22)23)7-13(20)6-11/h5-7,14H,8-10H2,1-4H3. The quantitative estimate of drug-likeness (QED) is 0.540. The third kappa shape index (κ3) is 5.83. The van der Waals surface area contributed by atoms with Gasteiger partial charge in [-0.25, -0.2) is 14.0 Å². The normalized spacial score (nSPS) is 17.7. The summed E-state index contributed by atoms with van der Waals surface area (Å²) < 4.78 is 62.3. The number of ether oxygens (including phenoxy) is 2. The maximum absolute atomic E-state index is 13.6. The number of nitrogens with zero attached hydrogens (tertiary/aromatic N) is 2. The monoisotopic (exact) mass is 434 g/mol. The van der Waals surface area contributed by atoms with Crippen molar-refractivity contribution in [3.05, 3.63) is 35.1 Å². The van der Waals surface area contributed by atoms with Gasteiger partial charge in [-0.3, -0.25) is 9.69 Å². The van der Waals surface area contributed by atoms with Crippen LogP contribution in [0.1, 0.15) is 31.9 Å². The minimum Gasteiger partial charge on any atom is -0.467 e. The lowest BCUT2D eigenvalue weighted by Crippen LogP contribution is -2.61. The summed E-state index contributed by atoms with van der Waals surface area (Å²) in [6, 6.07) is 0.723. The number of piperazine rings is 1. The molecule has 0 N–H and O–H groups in total. The van der Waals surface area contributed by atoms with Gasteiger partial charge in [0.2, 0.25) is 5.91 Å². The Kier molecular flexibility index (Phi) is 6.63. The van der Waals surface area contributed by atoms with Crippen LogP contribution in [-0.4, -0.2) is 59.6 Å². The van der Waals surface area contributed by atoms with Crippen LogP contribution in [-0.2, 0) is 31.8 Å². The summed E-state index contributed by atoms with van der Waals surface area (Å²) in [5.41, 5.74) is -2.18. The highest BCUT2D eigenvalue weighted by Gasteiger charge is 2.42. The Morgan fingerprint density at radius 2 is 1.80 bits per heavy atom. The maximum Gasteiger partial charge on any atom is 0.416 e. The first-order valence-corrected chi connectivity index (χ1v) is 8.93. The van der Waals surface area contributed by atoms with Crippen LogP contribution in [0.4, 0.5) is 22.4 Å². The van der Waals surface area contributed by atoms with Gasteiger partial charge in [-0.1, -0.05) is 0 Å². The molecular formula is C19H22F4N2O5. The van der Waals surface area contributed by atoms with E-state index in [2.05, 4.69) is 4.74 Å². The number of amides is 2. The molecule has 1 aliphatic heterocycles. The highest BCUT2D eigenvalue weighted by atomic mass is 19.4. The van der Waals surface area contributed by atoms with Crippen LogP contribution >= 0.6 is 0 Å². The van der Waals surface area contributed by atoms with Crippen LogP contribution in [0.25, 0.3) is 0 Å². The number of hydrogen-bond donors (Lipinski definition) is 0. The van der Waals surface area contributed by atoms with Gasteiger partial charge in [-0.15, -0.1) is 0 Å². The van der Waals surface area contributed by atoms with Gasteiger partial charge in [-0.2, -0.15) is 13.2 Å². The van der Waals surface area contributed by atoms with Crippen LogP contribution in [0.15, 0.2) is 18.2 Å². The van der Waals surface area contributed by atoms with Crippen molar-refractivity contribution in [2.45, 2.75) is 45.1 Å². The number of carbonyl (C=O) groups excluding carboxylic acids is 3.